The highest BCUT2D eigenvalue weighted by Crippen LogP contribution is 2.31. The molecule has 0 N–H and O–H groups in total. The van der Waals surface area contributed by atoms with Gasteiger partial charge in [0.25, 0.3) is 11.2 Å². The molecule has 1 aliphatic rings. The summed E-state index contributed by atoms with van der Waals surface area (Å²) in [5.74, 6) is -0.525. The number of benzene rings is 2. The van der Waals surface area contributed by atoms with Crippen LogP contribution in [-0.2, 0) is 9.53 Å². The van der Waals surface area contributed by atoms with Crippen LogP contribution in [0.5, 0.6) is 0 Å². The fourth-order valence-electron chi connectivity index (χ4n) is 3.94. The molecular weight excluding hydrogens is 468 g/mol. The molecule has 2 heterocycles. The van der Waals surface area contributed by atoms with E-state index in [1.165, 1.54) is 28.0 Å². The molecule has 0 fully saturated rings. The van der Waals surface area contributed by atoms with Crippen molar-refractivity contribution in [3.8, 4) is 0 Å². The molecule has 3 aromatic rings. The number of non-ortho nitro benzene ring substituents is 1. The number of hydrogen-bond acceptors (Lipinski definition) is 8. The van der Waals surface area contributed by atoms with Crippen LogP contribution in [-0.4, -0.2) is 36.2 Å². The number of allylic oxidation sites excluding steroid dienone is 1. The quantitative estimate of drug-likeness (QED) is 0.298. The molecule has 2 aromatic carbocycles. The second-order valence-electron chi connectivity index (χ2n) is 8.14. The van der Waals surface area contributed by atoms with Gasteiger partial charge in [-0.3, -0.25) is 19.5 Å². The maximum Gasteiger partial charge on any atom is 0.338 e. The first-order chi connectivity index (χ1) is 16.7. The molecule has 0 saturated heterocycles. The molecule has 10 heteroatoms. The monoisotopic (exact) mass is 492 g/mol. The van der Waals surface area contributed by atoms with Crippen LogP contribution in [0.3, 0.4) is 0 Å². The number of aromatic nitrogens is 1. The number of fused-ring (bicyclic) bond motifs is 1. The van der Waals surface area contributed by atoms with Gasteiger partial charge in [-0.2, -0.15) is 0 Å². The van der Waals surface area contributed by atoms with Crippen LogP contribution < -0.4 is 19.8 Å². The molecule has 0 spiro atoms. The average molecular weight is 493 g/mol. The van der Waals surface area contributed by atoms with E-state index >= 15 is 0 Å². The summed E-state index contributed by atoms with van der Waals surface area (Å²) in [5.41, 5.74) is 2.63. The van der Waals surface area contributed by atoms with Crippen LogP contribution >= 0.6 is 11.3 Å². The van der Waals surface area contributed by atoms with E-state index in [0.717, 1.165) is 11.3 Å². The summed E-state index contributed by atoms with van der Waals surface area (Å²) < 4.78 is 7.17. The molecule has 0 aliphatic carbocycles. The van der Waals surface area contributed by atoms with Gasteiger partial charge in [0.15, 0.2) is 4.80 Å². The Bertz CT molecular complexity index is 1520. The molecule has 0 amide bonds. The second-order valence-corrected chi connectivity index (χ2v) is 9.15. The van der Waals surface area contributed by atoms with Crippen molar-refractivity contribution in [2.24, 2.45) is 4.99 Å². The van der Waals surface area contributed by atoms with Crippen molar-refractivity contribution in [3.05, 3.63) is 101 Å². The zero-order valence-corrected chi connectivity index (χ0v) is 20.5. The standard InChI is InChI=1S/C25H24N4O5S/c1-5-34-24(31)21-15(2)26-25-28(22(21)17-9-11-18(12-10-17)27(3)4)23(30)20(35-25)14-16-7-6-8-19(13-16)29(32)33/h6-14,22H,5H2,1-4H3/t22-/m1/s1. The summed E-state index contributed by atoms with van der Waals surface area (Å²) in [5, 5.41) is 11.1. The van der Waals surface area contributed by atoms with Gasteiger partial charge in [0, 0.05) is 31.9 Å². The molecule has 180 valence electrons. The fraction of sp³-hybridized carbons (Fsp3) is 0.240. The van der Waals surface area contributed by atoms with E-state index in [-0.39, 0.29) is 17.9 Å². The third-order valence-electron chi connectivity index (χ3n) is 5.62. The van der Waals surface area contributed by atoms with Gasteiger partial charge in [-0.05, 0) is 43.2 Å². The van der Waals surface area contributed by atoms with Crippen molar-refractivity contribution < 1.29 is 14.5 Å². The van der Waals surface area contributed by atoms with Gasteiger partial charge in [-0.15, -0.1) is 0 Å². The Hall–Kier alpha value is -4.05. The normalized spacial score (nSPS) is 15.4. The van der Waals surface area contributed by atoms with Crippen molar-refractivity contribution in [3.63, 3.8) is 0 Å². The van der Waals surface area contributed by atoms with Crippen LogP contribution in [0.25, 0.3) is 6.08 Å². The van der Waals surface area contributed by atoms with Crippen molar-refractivity contribution >= 4 is 34.8 Å². The molecule has 1 atom stereocenters. The number of carbonyl (C=O) groups is 1. The summed E-state index contributed by atoms with van der Waals surface area (Å²) >= 11 is 1.17. The highest BCUT2D eigenvalue weighted by Gasteiger charge is 2.33. The summed E-state index contributed by atoms with van der Waals surface area (Å²) in [6.07, 6.45) is 1.60. The lowest BCUT2D eigenvalue weighted by Gasteiger charge is -2.25. The molecule has 9 nitrogen and oxygen atoms in total. The molecule has 0 radical (unpaired) electrons. The summed E-state index contributed by atoms with van der Waals surface area (Å²) in [4.78, 5) is 44.2. The smallest absolute Gasteiger partial charge is 0.338 e. The minimum atomic E-state index is -0.714. The number of carbonyl (C=O) groups excluding carboxylic acids is 1. The van der Waals surface area contributed by atoms with E-state index in [0.29, 0.717) is 26.2 Å². The van der Waals surface area contributed by atoms with E-state index in [9.17, 15) is 19.7 Å². The molecule has 35 heavy (non-hydrogen) atoms. The van der Waals surface area contributed by atoms with Crippen LogP contribution in [0.4, 0.5) is 11.4 Å². The Morgan fingerprint density at radius 3 is 2.60 bits per heavy atom. The molecular formula is C25H24N4O5S. The van der Waals surface area contributed by atoms with Gasteiger partial charge in [-0.1, -0.05) is 35.6 Å². The summed E-state index contributed by atoms with van der Waals surface area (Å²) in [7, 11) is 3.86. The first kappa shape index (κ1) is 24.1. The topological polar surface area (TPSA) is 107 Å². The highest BCUT2D eigenvalue weighted by molar-refractivity contribution is 7.07. The Morgan fingerprint density at radius 1 is 1.26 bits per heavy atom. The number of rotatable bonds is 6. The largest absolute Gasteiger partial charge is 0.463 e. The summed E-state index contributed by atoms with van der Waals surface area (Å²) in [6, 6.07) is 13.0. The van der Waals surface area contributed by atoms with Crippen LogP contribution in [0.2, 0.25) is 0 Å². The van der Waals surface area contributed by atoms with Gasteiger partial charge in [-0.25, -0.2) is 9.79 Å². The Balaban J connectivity index is 1.92. The zero-order chi connectivity index (χ0) is 25.3. The lowest BCUT2D eigenvalue weighted by Crippen LogP contribution is -2.39. The predicted octanol–water partition coefficient (Wildman–Crippen LogP) is 2.77. The number of ether oxygens (including phenoxy) is 1. The zero-order valence-electron chi connectivity index (χ0n) is 19.7. The molecule has 0 saturated carbocycles. The van der Waals surface area contributed by atoms with E-state index in [1.807, 2.05) is 43.3 Å². The molecule has 0 bridgehead atoms. The Kier molecular flexibility index (Phi) is 6.65. The lowest BCUT2D eigenvalue weighted by molar-refractivity contribution is -0.384. The number of nitro benzene ring substituents is 1. The lowest BCUT2D eigenvalue weighted by atomic mass is 9.95. The third-order valence-corrected chi connectivity index (χ3v) is 6.60. The number of hydrogen-bond donors (Lipinski definition) is 0. The van der Waals surface area contributed by atoms with Gasteiger partial charge in [0.1, 0.15) is 0 Å². The van der Waals surface area contributed by atoms with E-state index in [1.54, 1.807) is 32.1 Å². The number of nitrogens with zero attached hydrogens (tertiary/aromatic N) is 4. The first-order valence-electron chi connectivity index (χ1n) is 10.9. The third kappa shape index (κ3) is 4.65. The maximum atomic E-state index is 13.6. The number of thiazole rings is 1. The van der Waals surface area contributed by atoms with Crippen molar-refractivity contribution in [1.29, 1.82) is 0 Å². The second kappa shape index (κ2) is 9.67. The Labute approximate surface area is 205 Å². The summed E-state index contributed by atoms with van der Waals surface area (Å²) in [6.45, 7) is 3.65. The fourth-order valence-corrected chi connectivity index (χ4v) is 4.99. The number of nitro groups is 1. The molecule has 0 unspecified atom stereocenters. The van der Waals surface area contributed by atoms with Crippen molar-refractivity contribution in [2.75, 3.05) is 25.6 Å². The molecule has 1 aliphatic heterocycles. The highest BCUT2D eigenvalue weighted by atomic mass is 32.1. The van der Waals surface area contributed by atoms with Gasteiger partial charge in [0.05, 0.1) is 33.4 Å². The number of esters is 1. The average Bonchev–Trinajstić information content (AvgIpc) is 3.12. The van der Waals surface area contributed by atoms with Gasteiger partial charge >= 0.3 is 5.97 Å². The minimum absolute atomic E-state index is 0.0641. The predicted molar refractivity (Wildman–Crippen MR) is 134 cm³/mol. The van der Waals surface area contributed by atoms with E-state index in [4.69, 9.17) is 4.74 Å². The van der Waals surface area contributed by atoms with Crippen LogP contribution in [0.1, 0.15) is 31.0 Å². The van der Waals surface area contributed by atoms with Crippen molar-refractivity contribution in [2.45, 2.75) is 19.9 Å². The molecule has 4 rings (SSSR count). The minimum Gasteiger partial charge on any atom is -0.463 e. The van der Waals surface area contributed by atoms with Gasteiger partial charge in [0.2, 0.25) is 0 Å². The van der Waals surface area contributed by atoms with Crippen LogP contribution in [0, 0.1) is 10.1 Å². The Morgan fingerprint density at radius 2 is 1.97 bits per heavy atom. The van der Waals surface area contributed by atoms with E-state index in [2.05, 4.69) is 4.99 Å². The van der Waals surface area contributed by atoms with Crippen molar-refractivity contribution in [1.82, 2.24) is 4.57 Å². The first-order valence-corrected chi connectivity index (χ1v) is 11.7. The maximum absolute atomic E-state index is 13.6. The van der Waals surface area contributed by atoms with E-state index < -0.39 is 16.9 Å². The van der Waals surface area contributed by atoms with Gasteiger partial charge < -0.3 is 9.64 Å². The SMILES string of the molecule is CCOC(=O)C1=C(C)N=c2sc(=Cc3cccc([N+](=O)[O-])c3)c(=O)n2[C@@H]1c1ccc(N(C)C)cc1. The van der Waals surface area contributed by atoms with Crippen LogP contribution in [0.15, 0.2) is 69.6 Å². The molecule has 1 aromatic heterocycles. The number of anilines is 1.